The Morgan fingerprint density at radius 3 is 2.50 bits per heavy atom. The van der Waals surface area contributed by atoms with E-state index in [0.29, 0.717) is 29.5 Å². The van der Waals surface area contributed by atoms with Crippen LogP contribution in [-0.2, 0) is 16.6 Å². The number of sulfonamides is 1. The highest BCUT2D eigenvalue weighted by Gasteiger charge is 2.29. The molecule has 1 aromatic rings. The van der Waals surface area contributed by atoms with E-state index in [0.717, 1.165) is 17.9 Å². The third-order valence-corrected chi connectivity index (χ3v) is 5.80. The fourth-order valence-corrected chi connectivity index (χ4v) is 4.15. The van der Waals surface area contributed by atoms with Crippen LogP contribution in [0, 0.1) is 13.8 Å². The molecule has 0 aromatic carbocycles. The minimum Gasteiger partial charge on any atom is -0.465 e. The molecule has 1 N–H and O–H groups in total. The number of aryl methyl sites for hydroxylation is 2. The van der Waals surface area contributed by atoms with Gasteiger partial charge < -0.3 is 9.73 Å². The van der Waals surface area contributed by atoms with Gasteiger partial charge in [0.05, 0.1) is 0 Å². The molecule has 1 aromatic heterocycles. The van der Waals surface area contributed by atoms with Crippen molar-refractivity contribution in [3.8, 4) is 0 Å². The zero-order chi connectivity index (χ0) is 15.3. The minimum atomic E-state index is -3.50. The summed E-state index contributed by atoms with van der Waals surface area (Å²) in [6, 6.07) is 0. The highest BCUT2D eigenvalue weighted by Crippen LogP contribution is 2.28. The van der Waals surface area contributed by atoms with Crippen LogP contribution in [0.5, 0.6) is 0 Å². The van der Waals surface area contributed by atoms with E-state index >= 15 is 0 Å². The van der Waals surface area contributed by atoms with E-state index in [1.165, 1.54) is 4.31 Å². The van der Waals surface area contributed by atoms with Gasteiger partial charge in [0.25, 0.3) is 0 Å². The van der Waals surface area contributed by atoms with Crippen molar-refractivity contribution in [2.24, 2.45) is 0 Å². The number of nitrogens with zero attached hydrogens (tertiary/aromatic N) is 1. The van der Waals surface area contributed by atoms with Crippen molar-refractivity contribution in [1.82, 2.24) is 9.62 Å². The van der Waals surface area contributed by atoms with Crippen LogP contribution in [0.1, 0.15) is 24.0 Å². The van der Waals surface area contributed by atoms with E-state index < -0.39 is 10.0 Å². The topological polar surface area (TPSA) is 62.6 Å². The molecule has 116 valence electrons. The Morgan fingerprint density at radius 2 is 1.95 bits per heavy atom. The molecule has 1 heterocycles. The van der Waals surface area contributed by atoms with Crippen molar-refractivity contribution >= 4 is 21.8 Å². The quantitative estimate of drug-likeness (QED) is 0.793. The van der Waals surface area contributed by atoms with Crippen LogP contribution in [0.4, 0.5) is 0 Å². The van der Waals surface area contributed by atoms with Crippen LogP contribution in [0.25, 0.3) is 0 Å². The number of thioether (sulfide) groups is 1. The second-order valence-electron chi connectivity index (χ2n) is 4.62. The van der Waals surface area contributed by atoms with Gasteiger partial charge in [-0.2, -0.15) is 16.1 Å². The fraction of sp³-hybridized carbons (Fsp3) is 0.692. The van der Waals surface area contributed by atoms with Crippen LogP contribution >= 0.6 is 11.8 Å². The largest absolute Gasteiger partial charge is 0.465 e. The van der Waals surface area contributed by atoms with Gasteiger partial charge >= 0.3 is 0 Å². The highest BCUT2D eigenvalue weighted by molar-refractivity contribution is 7.98. The number of rotatable bonds is 8. The summed E-state index contributed by atoms with van der Waals surface area (Å²) in [4.78, 5) is 0.319. The second kappa shape index (κ2) is 7.49. The maximum atomic E-state index is 12.7. The molecule has 0 fully saturated rings. The molecule has 0 atom stereocenters. The van der Waals surface area contributed by atoms with E-state index in [4.69, 9.17) is 4.42 Å². The Balaban J connectivity index is 3.16. The summed E-state index contributed by atoms with van der Waals surface area (Å²) < 4.78 is 32.3. The number of nitrogens with one attached hydrogen (secondary N) is 1. The fourth-order valence-electron chi connectivity index (χ4n) is 2.00. The molecule has 0 unspecified atom stereocenters. The van der Waals surface area contributed by atoms with E-state index in [-0.39, 0.29) is 0 Å². The van der Waals surface area contributed by atoms with Gasteiger partial charge in [0.2, 0.25) is 10.0 Å². The first kappa shape index (κ1) is 17.6. The number of hydrogen-bond acceptors (Lipinski definition) is 5. The maximum Gasteiger partial charge on any atom is 0.246 e. The lowest BCUT2D eigenvalue weighted by Crippen LogP contribution is -2.30. The lowest BCUT2D eigenvalue weighted by molar-refractivity contribution is 0.475. The lowest BCUT2D eigenvalue weighted by atomic mass is 10.2. The first-order valence-corrected chi connectivity index (χ1v) is 9.44. The molecule has 0 saturated carbocycles. The average molecular weight is 320 g/mol. The molecule has 0 spiro atoms. The summed E-state index contributed by atoms with van der Waals surface area (Å²) in [5, 5.41) is 3.17. The summed E-state index contributed by atoms with van der Waals surface area (Å²) in [7, 11) is -1.88. The van der Waals surface area contributed by atoms with Crippen molar-refractivity contribution in [3.05, 3.63) is 17.1 Å². The van der Waals surface area contributed by atoms with Gasteiger partial charge in [0.1, 0.15) is 16.4 Å². The monoisotopic (exact) mass is 320 g/mol. The highest BCUT2D eigenvalue weighted by atomic mass is 32.2. The molecule has 0 aliphatic rings. The van der Waals surface area contributed by atoms with Gasteiger partial charge in [-0.1, -0.05) is 6.92 Å². The summed E-state index contributed by atoms with van der Waals surface area (Å²) >= 11 is 1.63. The minimum absolute atomic E-state index is 0.319. The molecule has 5 nitrogen and oxygen atoms in total. The van der Waals surface area contributed by atoms with Crippen LogP contribution < -0.4 is 5.32 Å². The first-order valence-electron chi connectivity index (χ1n) is 6.61. The van der Waals surface area contributed by atoms with Crippen LogP contribution in [0.15, 0.2) is 9.31 Å². The third kappa shape index (κ3) is 3.78. The Bertz CT molecular complexity index is 538. The molecule has 0 aliphatic heterocycles. The summed E-state index contributed by atoms with van der Waals surface area (Å²) in [5.74, 6) is 1.90. The zero-order valence-electron chi connectivity index (χ0n) is 12.8. The molecule has 7 heteroatoms. The van der Waals surface area contributed by atoms with Crippen molar-refractivity contribution in [1.29, 1.82) is 0 Å². The standard InChI is InChI=1S/C13H24N2O3S2/c1-6-14-9-12-10(2)18-11(3)13(12)20(16,17)15(4)7-8-19-5/h14H,6-9H2,1-5H3. The molecular weight excluding hydrogens is 296 g/mol. The Labute approximate surface area is 126 Å². The molecular formula is C13H24N2O3S2. The Morgan fingerprint density at radius 1 is 1.30 bits per heavy atom. The van der Waals surface area contributed by atoms with E-state index in [9.17, 15) is 8.42 Å². The van der Waals surface area contributed by atoms with Gasteiger partial charge in [0.15, 0.2) is 0 Å². The predicted molar refractivity (Wildman–Crippen MR) is 83.8 cm³/mol. The van der Waals surface area contributed by atoms with Crippen molar-refractivity contribution in [3.63, 3.8) is 0 Å². The molecule has 1 rings (SSSR count). The summed E-state index contributed by atoms with van der Waals surface area (Å²) in [6.07, 6.45) is 1.96. The van der Waals surface area contributed by atoms with Crippen molar-refractivity contribution in [2.45, 2.75) is 32.2 Å². The van der Waals surface area contributed by atoms with Gasteiger partial charge in [-0.15, -0.1) is 0 Å². The third-order valence-electron chi connectivity index (χ3n) is 3.16. The van der Waals surface area contributed by atoms with Crippen LogP contribution in [-0.4, -0.2) is 44.9 Å². The Hall–Kier alpha value is -0.500. The van der Waals surface area contributed by atoms with E-state index in [1.54, 1.807) is 32.7 Å². The number of furan rings is 1. The predicted octanol–water partition coefficient (Wildman–Crippen LogP) is 1.99. The van der Waals surface area contributed by atoms with E-state index in [2.05, 4.69) is 5.32 Å². The van der Waals surface area contributed by atoms with Crippen LogP contribution in [0.3, 0.4) is 0 Å². The SMILES string of the molecule is CCNCc1c(C)oc(C)c1S(=O)(=O)N(C)CCSC. The smallest absolute Gasteiger partial charge is 0.246 e. The van der Waals surface area contributed by atoms with E-state index in [1.807, 2.05) is 13.2 Å². The van der Waals surface area contributed by atoms with Gasteiger partial charge in [0, 0.05) is 31.5 Å². The number of hydrogen-bond donors (Lipinski definition) is 1. The molecule has 0 amide bonds. The van der Waals surface area contributed by atoms with Crippen molar-refractivity contribution < 1.29 is 12.8 Å². The first-order chi connectivity index (χ1) is 9.36. The molecule has 0 saturated heterocycles. The van der Waals surface area contributed by atoms with Crippen LogP contribution in [0.2, 0.25) is 0 Å². The summed E-state index contributed by atoms with van der Waals surface area (Å²) in [5.41, 5.74) is 0.736. The second-order valence-corrected chi connectivity index (χ2v) is 7.59. The molecule has 0 radical (unpaired) electrons. The average Bonchev–Trinajstić information content (AvgIpc) is 2.68. The molecule has 20 heavy (non-hydrogen) atoms. The van der Waals surface area contributed by atoms with Gasteiger partial charge in [-0.3, -0.25) is 0 Å². The zero-order valence-corrected chi connectivity index (χ0v) is 14.4. The normalized spacial score (nSPS) is 12.3. The van der Waals surface area contributed by atoms with Gasteiger partial charge in [-0.05, 0) is 26.6 Å². The van der Waals surface area contributed by atoms with Gasteiger partial charge in [-0.25, -0.2) is 8.42 Å². The molecule has 0 bridgehead atoms. The summed E-state index contributed by atoms with van der Waals surface area (Å²) in [6.45, 7) is 7.28. The Kier molecular flexibility index (Phi) is 6.57. The van der Waals surface area contributed by atoms with Crippen molar-refractivity contribution in [2.75, 3.05) is 32.1 Å². The lowest BCUT2D eigenvalue weighted by Gasteiger charge is -2.17. The molecule has 0 aliphatic carbocycles. The maximum absolute atomic E-state index is 12.7.